The van der Waals surface area contributed by atoms with E-state index < -0.39 is 0 Å². The summed E-state index contributed by atoms with van der Waals surface area (Å²) in [5, 5.41) is 2.80. The van der Waals surface area contributed by atoms with Crippen LogP contribution in [0.4, 0.5) is 5.69 Å². The van der Waals surface area contributed by atoms with Crippen LogP contribution in [-0.4, -0.2) is 111 Å². The zero-order valence-electron chi connectivity index (χ0n) is 22.1. The number of methoxy groups -OCH3 is 1. The first-order chi connectivity index (χ1) is 17.2. The molecule has 10 nitrogen and oxygen atoms in total. The van der Waals surface area contributed by atoms with E-state index in [2.05, 4.69) is 10.2 Å². The predicted molar refractivity (Wildman–Crippen MR) is 136 cm³/mol. The third-order valence-electron chi connectivity index (χ3n) is 6.83. The number of fused-ring (bicyclic) bond motifs is 1. The van der Waals surface area contributed by atoms with Crippen molar-refractivity contribution in [2.75, 3.05) is 72.0 Å². The summed E-state index contributed by atoms with van der Waals surface area (Å²) in [6.45, 7) is 9.88. The van der Waals surface area contributed by atoms with Crippen LogP contribution in [0.5, 0.6) is 5.75 Å². The predicted octanol–water partition coefficient (Wildman–Crippen LogP) is 1.70. The molecule has 1 aromatic carbocycles. The van der Waals surface area contributed by atoms with Gasteiger partial charge in [0.2, 0.25) is 11.8 Å². The summed E-state index contributed by atoms with van der Waals surface area (Å²) in [6.07, 6.45) is 0.0670. The molecule has 0 aliphatic carbocycles. The number of anilines is 1. The summed E-state index contributed by atoms with van der Waals surface area (Å²) in [4.78, 5) is 44.3. The van der Waals surface area contributed by atoms with Crippen LogP contribution in [0.3, 0.4) is 0 Å². The van der Waals surface area contributed by atoms with Crippen LogP contribution in [0.25, 0.3) is 0 Å². The number of carbonyl (C=O) groups is 3. The second-order valence-corrected chi connectivity index (χ2v) is 9.64. The third kappa shape index (κ3) is 7.18. The van der Waals surface area contributed by atoms with Crippen molar-refractivity contribution in [3.63, 3.8) is 0 Å². The van der Waals surface area contributed by atoms with Gasteiger partial charge in [0.05, 0.1) is 37.5 Å². The number of carbonyl (C=O) groups excluding carboxylic acids is 3. The van der Waals surface area contributed by atoms with Gasteiger partial charge in [-0.05, 0) is 25.1 Å². The van der Waals surface area contributed by atoms with Crippen molar-refractivity contribution in [1.82, 2.24) is 14.7 Å². The topological polar surface area (TPSA) is 101 Å². The second kappa shape index (κ2) is 13.0. The normalized spacial score (nSPS) is 24.2. The van der Waals surface area contributed by atoms with Gasteiger partial charge < -0.3 is 29.3 Å². The fraction of sp³-hybridized carbons (Fsp3) is 0.654. The van der Waals surface area contributed by atoms with E-state index in [1.54, 1.807) is 44.2 Å². The summed E-state index contributed by atoms with van der Waals surface area (Å²) in [7, 11) is 3.35. The molecular formula is C26H40N4O6. The van der Waals surface area contributed by atoms with E-state index in [1.165, 1.54) is 0 Å². The number of hydrogen-bond donors (Lipinski definition) is 1. The Morgan fingerprint density at radius 2 is 1.89 bits per heavy atom. The molecule has 1 N–H and O–H groups in total. The minimum absolute atomic E-state index is 0.0181. The molecule has 0 unspecified atom stereocenters. The van der Waals surface area contributed by atoms with Gasteiger partial charge in [-0.2, -0.15) is 0 Å². The SMILES string of the molecule is CCC(=O)Nc1ccc2c(c1)C(=O)N(C)C[C@H](OC)[C@H](C)CN(C(=O)CN1CCOCC1)[C@H](C)CO2. The Morgan fingerprint density at radius 3 is 2.56 bits per heavy atom. The first kappa shape index (κ1) is 27.9. The molecule has 0 saturated carbocycles. The summed E-state index contributed by atoms with van der Waals surface area (Å²) < 4.78 is 17.3. The smallest absolute Gasteiger partial charge is 0.257 e. The van der Waals surface area contributed by atoms with Crippen LogP contribution in [-0.2, 0) is 19.1 Å². The molecule has 1 aromatic rings. The van der Waals surface area contributed by atoms with Crippen LogP contribution in [0.2, 0.25) is 0 Å². The Bertz CT molecular complexity index is 920. The van der Waals surface area contributed by atoms with Crippen molar-refractivity contribution < 1.29 is 28.6 Å². The highest BCUT2D eigenvalue weighted by atomic mass is 16.5. The molecule has 3 atom stereocenters. The highest BCUT2D eigenvalue weighted by molar-refractivity contribution is 5.99. The summed E-state index contributed by atoms with van der Waals surface area (Å²) >= 11 is 0. The number of amides is 3. The van der Waals surface area contributed by atoms with Gasteiger partial charge in [0.15, 0.2) is 0 Å². The van der Waals surface area contributed by atoms with E-state index in [0.717, 1.165) is 13.1 Å². The van der Waals surface area contributed by atoms with E-state index in [1.807, 2.05) is 18.7 Å². The van der Waals surface area contributed by atoms with E-state index in [0.29, 0.717) is 56.3 Å². The van der Waals surface area contributed by atoms with Crippen LogP contribution in [0.1, 0.15) is 37.6 Å². The quantitative estimate of drug-likeness (QED) is 0.651. The number of morpholine rings is 1. The molecule has 36 heavy (non-hydrogen) atoms. The van der Waals surface area contributed by atoms with Crippen LogP contribution in [0, 0.1) is 5.92 Å². The zero-order chi connectivity index (χ0) is 26.2. The average Bonchev–Trinajstić information content (AvgIpc) is 2.88. The van der Waals surface area contributed by atoms with Gasteiger partial charge in [0, 0.05) is 58.4 Å². The first-order valence-corrected chi connectivity index (χ1v) is 12.7. The van der Waals surface area contributed by atoms with Gasteiger partial charge in [0.1, 0.15) is 12.4 Å². The molecule has 1 saturated heterocycles. The molecule has 2 aliphatic rings. The Hall–Kier alpha value is -2.69. The molecule has 10 heteroatoms. The average molecular weight is 505 g/mol. The Morgan fingerprint density at radius 1 is 1.17 bits per heavy atom. The van der Waals surface area contributed by atoms with Gasteiger partial charge >= 0.3 is 0 Å². The summed E-state index contributed by atoms with van der Waals surface area (Å²) in [5.74, 6) is 0.0716. The van der Waals surface area contributed by atoms with E-state index in [-0.39, 0.29) is 42.4 Å². The Labute approximate surface area is 213 Å². The molecule has 0 aromatic heterocycles. The maximum atomic E-state index is 13.4. The zero-order valence-corrected chi connectivity index (χ0v) is 22.1. The number of ether oxygens (including phenoxy) is 3. The maximum Gasteiger partial charge on any atom is 0.257 e. The van der Waals surface area contributed by atoms with Crippen molar-refractivity contribution in [2.45, 2.75) is 39.3 Å². The minimum atomic E-state index is -0.267. The van der Waals surface area contributed by atoms with E-state index >= 15 is 0 Å². The molecular weight excluding hydrogens is 464 g/mol. The first-order valence-electron chi connectivity index (χ1n) is 12.7. The van der Waals surface area contributed by atoms with Crippen LogP contribution < -0.4 is 10.1 Å². The van der Waals surface area contributed by atoms with Crippen molar-refractivity contribution in [2.24, 2.45) is 5.92 Å². The monoisotopic (exact) mass is 504 g/mol. The fourth-order valence-corrected chi connectivity index (χ4v) is 4.49. The van der Waals surface area contributed by atoms with Gasteiger partial charge in [-0.1, -0.05) is 13.8 Å². The summed E-state index contributed by atoms with van der Waals surface area (Å²) in [6, 6.07) is 4.84. The molecule has 2 heterocycles. The molecule has 200 valence electrons. The number of nitrogens with one attached hydrogen (secondary N) is 1. The number of hydrogen-bond acceptors (Lipinski definition) is 7. The second-order valence-electron chi connectivity index (χ2n) is 9.64. The van der Waals surface area contributed by atoms with Gasteiger partial charge in [-0.15, -0.1) is 0 Å². The van der Waals surface area contributed by atoms with Gasteiger partial charge in [0.25, 0.3) is 5.91 Å². The summed E-state index contributed by atoms with van der Waals surface area (Å²) in [5.41, 5.74) is 0.887. The van der Waals surface area contributed by atoms with Crippen molar-refractivity contribution in [1.29, 1.82) is 0 Å². The molecule has 2 aliphatic heterocycles. The fourth-order valence-electron chi connectivity index (χ4n) is 4.49. The lowest BCUT2D eigenvalue weighted by Gasteiger charge is -2.37. The van der Waals surface area contributed by atoms with Crippen LogP contribution in [0.15, 0.2) is 18.2 Å². The maximum absolute atomic E-state index is 13.4. The lowest BCUT2D eigenvalue weighted by molar-refractivity contribution is -0.137. The highest BCUT2D eigenvalue weighted by Crippen LogP contribution is 2.26. The van der Waals surface area contributed by atoms with Crippen molar-refractivity contribution in [3.05, 3.63) is 23.8 Å². The minimum Gasteiger partial charge on any atom is -0.491 e. The van der Waals surface area contributed by atoms with E-state index in [9.17, 15) is 14.4 Å². The van der Waals surface area contributed by atoms with Crippen LogP contribution >= 0.6 is 0 Å². The highest BCUT2D eigenvalue weighted by Gasteiger charge is 2.31. The van der Waals surface area contributed by atoms with E-state index in [4.69, 9.17) is 14.2 Å². The number of nitrogens with zero attached hydrogens (tertiary/aromatic N) is 3. The Balaban J connectivity index is 1.89. The number of benzene rings is 1. The molecule has 0 spiro atoms. The molecule has 0 radical (unpaired) electrons. The molecule has 3 rings (SSSR count). The van der Waals surface area contributed by atoms with Crippen molar-refractivity contribution in [3.8, 4) is 5.75 Å². The number of rotatable bonds is 5. The standard InChI is InChI=1S/C26H40N4O6/c1-6-24(31)27-20-7-8-22-21(13-20)26(33)28(4)15-23(34-5)18(2)14-30(19(3)17-36-22)25(32)16-29-9-11-35-12-10-29/h7-8,13,18-19,23H,6,9-12,14-17H2,1-5H3,(H,27,31)/t18-,19-,23+/m1/s1. The molecule has 0 bridgehead atoms. The molecule has 3 amide bonds. The lowest BCUT2D eigenvalue weighted by Crippen LogP contribution is -2.52. The van der Waals surface area contributed by atoms with Gasteiger partial charge in [-0.25, -0.2) is 0 Å². The van der Waals surface area contributed by atoms with Gasteiger partial charge in [-0.3, -0.25) is 19.3 Å². The molecule has 1 fully saturated rings. The third-order valence-corrected chi connectivity index (χ3v) is 6.83. The largest absolute Gasteiger partial charge is 0.491 e. The van der Waals surface area contributed by atoms with Crippen molar-refractivity contribution >= 4 is 23.4 Å². The lowest BCUT2D eigenvalue weighted by atomic mass is 10.0. The number of likely N-dealkylation sites (N-methyl/N-ethyl adjacent to an activating group) is 1. The Kier molecular flexibility index (Phi) is 10.1.